The summed E-state index contributed by atoms with van der Waals surface area (Å²) in [5.41, 5.74) is 0.0503. The summed E-state index contributed by atoms with van der Waals surface area (Å²) < 4.78 is 10.1. The number of carbonyl (C=O) groups excluding carboxylic acids is 4. The van der Waals surface area contributed by atoms with Gasteiger partial charge in [-0.15, -0.1) is 0 Å². The van der Waals surface area contributed by atoms with E-state index in [4.69, 9.17) is 9.47 Å². The first kappa shape index (κ1) is 24.9. The molecule has 10 nitrogen and oxygen atoms in total. The van der Waals surface area contributed by atoms with E-state index in [0.29, 0.717) is 0 Å². The van der Waals surface area contributed by atoms with Crippen LogP contribution in [0, 0.1) is 0 Å². The van der Waals surface area contributed by atoms with Crippen molar-refractivity contribution >= 4 is 23.9 Å². The monoisotopic (exact) mass is 423 g/mol. The second-order valence-corrected chi connectivity index (χ2v) is 7.48. The number of ether oxygens (including phenoxy) is 2. The predicted octanol–water partition coefficient (Wildman–Crippen LogP) is 0.236. The van der Waals surface area contributed by atoms with Crippen LogP contribution in [0.25, 0.3) is 0 Å². The first-order valence-electron chi connectivity index (χ1n) is 9.40. The molecule has 0 fully saturated rings. The molecule has 1 aromatic rings. The van der Waals surface area contributed by atoms with Crippen molar-refractivity contribution < 1.29 is 33.8 Å². The highest BCUT2D eigenvalue weighted by atomic mass is 16.6. The molecule has 0 bridgehead atoms. The largest absolute Gasteiger partial charge is 0.459 e. The Kier molecular flexibility index (Phi) is 9.76. The van der Waals surface area contributed by atoms with Crippen LogP contribution in [-0.4, -0.2) is 59.8 Å². The van der Waals surface area contributed by atoms with Crippen molar-refractivity contribution in [2.45, 2.75) is 52.0 Å². The Hall–Kier alpha value is -3.14. The number of rotatable bonds is 9. The average Bonchev–Trinajstić information content (AvgIpc) is 2.67. The minimum absolute atomic E-state index is 0.00529. The topological polar surface area (TPSA) is 143 Å². The highest BCUT2D eigenvalue weighted by molar-refractivity contribution is 5.91. The molecule has 0 aliphatic heterocycles. The summed E-state index contributed by atoms with van der Waals surface area (Å²) in [7, 11) is 0. The van der Waals surface area contributed by atoms with Gasteiger partial charge in [0.1, 0.15) is 24.8 Å². The fourth-order valence-electron chi connectivity index (χ4n) is 2.13. The number of benzene rings is 1. The standard InChI is InChI=1S/C20H29N3O7/c1-13(22-16(25)10-21-19(28)30-20(2,3)4)17(26)23-15(11-24)18(27)29-12-14-8-6-5-7-9-14/h5-9,13,15,24H,10-12H2,1-4H3,(H,21,28)(H,22,25)(H,23,26)/t13-,15-/m0/s1. The van der Waals surface area contributed by atoms with Gasteiger partial charge in [-0.2, -0.15) is 0 Å². The van der Waals surface area contributed by atoms with Gasteiger partial charge >= 0.3 is 12.1 Å². The average molecular weight is 423 g/mol. The molecule has 0 unspecified atom stereocenters. The molecule has 0 aromatic heterocycles. The molecular formula is C20H29N3O7. The molecule has 0 radical (unpaired) electrons. The lowest BCUT2D eigenvalue weighted by Crippen LogP contribution is -2.53. The number of amides is 3. The van der Waals surface area contributed by atoms with Crippen molar-refractivity contribution in [3.63, 3.8) is 0 Å². The quantitative estimate of drug-likeness (QED) is 0.417. The van der Waals surface area contributed by atoms with Crippen molar-refractivity contribution in [1.29, 1.82) is 0 Å². The van der Waals surface area contributed by atoms with Crippen molar-refractivity contribution in [3.8, 4) is 0 Å². The van der Waals surface area contributed by atoms with Crippen LogP contribution < -0.4 is 16.0 Å². The Morgan fingerprint density at radius 1 is 1.07 bits per heavy atom. The van der Waals surface area contributed by atoms with E-state index in [1.165, 1.54) is 6.92 Å². The molecule has 0 heterocycles. The molecule has 0 saturated heterocycles. The van der Waals surface area contributed by atoms with Gasteiger partial charge in [0.2, 0.25) is 11.8 Å². The van der Waals surface area contributed by atoms with Gasteiger partial charge in [-0.3, -0.25) is 9.59 Å². The Morgan fingerprint density at radius 2 is 1.70 bits per heavy atom. The molecule has 1 aromatic carbocycles. The maximum atomic E-state index is 12.2. The number of aliphatic hydroxyl groups is 1. The van der Waals surface area contributed by atoms with Crippen LogP contribution in [0.15, 0.2) is 30.3 Å². The molecule has 2 atom stereocenters. The minimum Gasteiger partial charge on any atom is -0.459 e. The van der Waals surface area contributed by atoms with E-state index in [0.717, 1.165) is 5.56 Å². The second-order valence-electron chi connectivity index (χ2n) is 7.48. The highest BCUT2D eigenvalue weighted by Crippen LogP contribution is 2.06. The van der Waals surface area contributed by atoms with Gasteiger partial charge < -0.3 is 30.5 Å². The van der Waals surface area contributed by atoms with Crippen molar-refractivity contribution in [2.75, 3.05) is 13.2 Å². The summed E-state index contributed by atoms with van der Waals surface area (Å²) in [5, 5.41) is 16.3. The van der Waals surface area contributed by atoms with E-state index in [9.17, 15) is 24.3 Å². The Morgan fingerprint density at radius 3 is 2.27 bits per heavy atom. The predicted molar refractivity (Wildman–Crippen MR) is 107 cm³/mol. The number of hydrogen-bond donors (Lipinski definition) is 4. The van der Waals surface area contributed by atoms with E-state index in [2.05, 4.69) is 16.0 Å². The fourth-order valence-corrected chi connectivity index (χ4v) is 2.13. The minimum atomic E-state index is -1.28. The first-order chi connectivity index (χ1) is 14.0. The number of carbonyl (C=O) groups is 4. The second kappa shape index (κ2) is 11.8. The summed E-state index contributed by atoms with van der Waals surface area (Å²) in [4.78, 5) is 47.7. The van der Waals surface area contributed by atoms with Gasteiger partial charge in [-0.1, -0.05) is 30.3 Å². The maximum Gasteiger partial charge on any atom is 0.408 e. The number of aliphatic hydroxyl groups excluding tert-OH is 1. The van der Waals surface area contributed by atoms with Crippen LogP contribution in [0.3, 0.4) is 0 Å². The Bertz CT molecular complexity index is 732. The molecule has 0 aliphatic carbocycles. The van der Waals surface area contributed by atoms with Gasteiger partial charge in [0.15, 0.2) is 6.04 Å². The van der Waals surface area contributed by atoms with Crippen LogP contribution in [0.4, 0.5) is 4.79 Å². The molecule has 0 spiro atoms. The van der Waals surface area contributed by atoms with Crippen molar-refractivity contribution in [1.82, 2.24) is 16.0 Å². The van der Waals surface area contributed by atoms with Crippen LogP contribution in [0.2, 0.25) is 0 Å². The third-order valence-corrected chi connectivity index (χ3v) is 3.57. The Labute approximate surface area is 175 Å². The smallest absolute Gasteiger partial charge is 0.408 e. The zero-order valence-electron chi connectivity index (χ0n) is 17.6. The van der Waals surface area contributed by atoms with E-state index in [1.54, 1.807) is 45.0 Å². The third kappa shape index (κ3) is 9.87. The fraction of sp³-hybridized carbons (Fsp3) is 0.500. The number of hydrogen-bond acceptors (Lipinski definition) is 7. The van der Waals surface area contributed by atoms with Gasteiger partial charge in [0, 0.05) is 0 Å². The van der Waals surface area contributed by atoms with Crippen LogP contribution in [-0.2, 0) is 30.5 Å². The molecule has 0 aliphatic rings. The first-order valence-corrected chi connectivity index (χ1v) is 9.40. The summed E-state index contributed by atoms with van der Waals surface area (Å²) in [6.45, 7) is 5.37. The van der Waals surface area contributed by atoms with Gasteiger partial charge in [-0.25, -0.2) is 9.59 Å². The van der Waals surface area contributed by atoms with Gasteiger partial charge in [0.25, 0.3) is 0 Å². The van der Waals surface area contributed by atoms with E-state index in [1.807, 2.05) is 6.07 Å². The highest BCUT2D eigenvalue weighted by Gasteiger charge is 2.25. The number of esters is 1. The van der Waals surface area contributed by atoms with Gasteiger partial charge in [-0.05, 0) is 33.3 Å². The summed E-state index contributed by atoms with van der Waals surface area (Å²) in [5.74, 6) is -2.13. The normalized spacial score (nSPS) is 12.8. The number of nitrogens with one attached hydrogen (secondary N) is 3. The van der Waals surface area contributed by atoms with Crippen LogP contribution in [0.1, 0.15) is 33.3 Å². The molecule has 1 rings (SSSR count). The van der Waals surface area contributed by atoms with Crippen molar-refractivity contribution in [2.24, 2.45) is 0 Å². The molecule has 10 heteroatoms. The summed E-state index contributed by atoms with van der Waals surface area (Å²) >= 11 is 0. The molecule has 4 N–H and O–H groups in total. The molecule has 30 heavy (non-hydrogen) atoms. The van der Waals surface area contributed by atoms with Crippen LogP contribution >= 0.6 is 0 Å². The molecule has 166 valence electrons. The summed E-state index contributed by atoms with van der Waals surface area (Å²) in [6.07, 6.45) is -0.767. The maximum absolute atomic E-state index is 12.2. The molecular weight excluding hydrogens is 394 g/mol. The van der Waals surface area contributed by atoms with Gasteiger partial charge in [0.05, 0.1) is 6.61 Å². The molecule has 0 saturated carbocycles. The zero-order valence-corrected chi connectivity index (χ0v) is 17.6. The SMILES string of the molecule is C[C@H](NC(=O)CNC(=O)OC(C)(C)C)C(=O)N[C@@H](CO)C(=O)OCc1ccccc1. The van der Waals surface area contributed by atoms with Crippen LogP contribution in [0.5, 0.6) is 0 Å². The zero-order chi connectivity index (χ0) is 22.7. The lowest BCUT2D eigenvalue weighted by molar-refractivity contribution is -0.150. The number of alkyl carbamates (subject to hydrolysis) is 1. The van der Waals surface area contributed by atoms with E-state index < -0.39 is 54.7 Å². The van der Waals surface area contributed by atoms with E-state index in [-0.39, 0.29) is 6.61 Å². The molecule has 3 amide bonds. The summed E-state index contributed by atoms with van der Waals surface area (Å²) in [6, 6.07) is 6.63. The lowest BCUT2D eigenvalue weighted by Gasteiger charge is -2.20. The third-order valence-electron chi connectivity index (χ3n) is 3.57. The lowest BCUT2D eigenvalue weighted by atomic mass is 10.2. The Balaban J connectivity index is 2.43. The van der Waals surface area contributed by atoms with E-state index >= 15 is 0 Å². The van der Waals surface area contributed by atoms with Crippen molar-refractivity contribution in [3.05, 3.63) is 35.9 Å².